The highest BCUT2D eigenvalue weighted by Gasteiger charge is 2.40. The average Bonchev–Trinajstić information content (AvgIpc) is 3.16. The van der Waals surface area contributed by atoms with Crippen molar-refractivity contribution in [1.82, 2.24) is 10.6 Å². The van der Waals surface area contributed by atoms with Crippen LogP contribution in [0.3, 0.4) is 0 Å². The summed E-state index contributed by atoms with van der Waals surface area (Å²) in [5.74, 6) is 1.55. The van der Waals surface area contributed by atoms with Gasteiger partial charge >= 0.3 is 0 Å². The second-order valence-corrected chi connectivity index (χ2v) is 10.6. The number of guanidine groups is 1. The molecule has 0 aromatic rings. The molecule has 1 aliphatic carbocycles. The number of rotatable bonds is 5. The molecule has 1 spiro atoms. The predicted octanol–water partition coefficient (Wildman–Crippen LogP) is 2.02. The molecule has 3 rings (SSSR count). The largest absolute Gasteiger partial charge is 0.375 e. The van der Waals surface area contributed by atoms with Gasteiger partial charge in [-0.15, -0.1) is 0 Å². The molecule has 2 unspecified atom stereocenters. The van der Waals surface area contributed by atoms with Crippen molar-refractivity contribution in [3.63, 3.8) is 0 Å². The zero-order chi connectivity index (χ0) is 18.6. The maximum Gasteiger partial charge on any atom is 0.191 e. The minimum Gasteiger partial charge on any atom is -0.375 e. The monoisotopic (exact) mass is 383 g/mol. The summed E-state index contributed by atoms with van der Waals surface area (Å²) >= 11 is 0. The maximum absolute atomic E-state index is 11.7. The zero-order valence-corrected chi connectivity index (χ0v) is 16.7. The Labute approximate surface area is 157 Å². The molecule has 6 nitrogen and oxygen atoms in total. The Morgan fingerprint density at radius 2 is 2.08 bits per heavy atom. The molecule has 2 aliphatic heterocycles. The Hall–Kier alpha value is -1.08. The van der Waals surface area contributed by atoms with Crippen LogP contribution in [-0.4, -0.2) is 57.2 Å². The fourth-order valence-electron chi connectivity index (χ4n) is 4.35. The van der Waals surface area contributed by atoms with Crippen molar-refractivity contribution in [3.8, 4) is 0 Å². The van der Waals surface area contributed by atoms with E-state index in [-0.39, 0.29) is 17.3 Å². The number of hydrogen-bond acceptors (Lipinski definition) is 4. The van der Waals surface area contributed by atoms with Crippen LogP contribution in [0.15, 0.2) is 17.1 Å². The Morgan fingerprint density at radius 3 is 2.73 bits per heavy atom. The molecule has 0 bridgehead atoms. The second-order valence-electron chi connectivity index (χ2n) is 8.34. The molecule has 2 heterocycles. The van der Waals surface area contributed by atoms with Gasteiger partial charge < -0.3 is 15.4 Å². The lowest BCUT2D eigenvalue weighted by atomic mass is 9.89. The van der Waals surface area contributed by atoms with E-state index >= 15 is 0 Å². The lowest BCUT2D eigenvalue weighted by Gasteiger charge is -2.39. The summed E-state index contributed by atoms with van der Waals surface area (Å²) in [6.45, 7) is 7.91. The highest BCUT2D eigenvalue weighted by molar-refractivity contribution is 7.91. The molecular weight excluding hydrogens is 350 g/mol. The number of ether oxygens (including phenoxy) is 1. The molecule has 3 aliphatic rings. The van der Waals surface area contributed by atoms with E-state index in [4.69, 9.17) is 4.74 Å². The summed E-state index contributed by atoms with van der Waals surface area (Å²) in [4.78, 5) is 4.63. The lowest BCUT2D eigenvalue weighted by molar-refractivity contribution is -0.0815. The van der Waals surface area contributed by atoms with Crippen molar-refractivity contribution >= 4 is 15.8 Å². The summed E-state index contributed by atoms with van der Waals surface area (Å²) in [6.07, 6.45) is 7.60. The second kappa shape index (κ2) is 8.30. The Kier molecular flexibility index (Phi) is 6.28. The summed E-state index contributed by atoms with van der Waals surface area (Å²) in [6, 6.07) is 0.352. The van der Waals surface area contributed by atoms with E-state index in [0.717, 1.165) is 50.2 Å². The van der Waals surface area contributed by atoms with Crippen LogP contribution in [0.5, 0.6) is 0 Å². The van der Waals surface area contributed by atoms with Crippen LogP contribution >= 0.6 is 0 Å². The summed E-state index contributed by atoms with van der Waals surface area (Å²) in [5.41, 5.74) is 1.07. The summed E-state index contributed by atoms with van der Waals surface area (Å²) < 4.78 is 29.4. The van der Waals surface area contributed by atoms with Gasteiger partial charge in [-0.2, -0.15) is 0 Å². The smallest absolute Gasteiger partial charge is 0.191 e. The van der Waals surface area contributed by atoms with Gasteiger partial charge in [0.1, 0.15) is 0 Å². The number of nitrogens with zero attached hydrogens (tertiary/aromatic N) is 1. The van der Waals surface area contributed by atoms with Gasteiger partial charge in [0, 0.05) is 19.2 Å². The number of nitrogens with one attached hydrogen (secondary N) is 2. The zero-order valence-electron chi connectivity index (χ0n) is 15.9. The van der Waals surface area contributed by atoms with Gasteiger partial charge in [-0.1, -0.05) is 25.0 Å². The first-order valence-corrected chi connectivity index (χ1v) is 11.7. The van der Waals surface area contributed by atoms with Crippen molar-refractivity contribution in [1.29, 1.82) is 0 Å². The Bertz CT molecular complexity index is 638. The van der Waals surface area contributed by atoms with Crippen molar-refractivity contribution in [2.75, 3.05) is 31.2 Å². The Balaban J connectivity index is 1.57. The van der Waals surface area contributed by atoms with Crippen LogP contribution in [0.1, 0.15) is 51.9 Å². The highest BCUT2D eigenvalue weighted by Crippen LogP contribution is 2.39. The fourth-order valence-corrected chi connectivity index (χ4v) is 6.21. The van der Waals surface area contributed by atoms with E-state index in [1.165, 1.54) is 12.8 Å². The molecule has 1 saturated carbocycles. The topological polar surface area (TPSA) is 79.8 Å². The van der Waals surface area contributed by atoms with Gasteiger partial charge in [-0.05, 0) is 44.9 Å². The molecule has 2 saturated heterocycles. The van der Waals surface area contributed by atoms with Crippen molar-refractivity contribution in [3.05, 3.63) is 12.2 Å². The van der Waals surface area contributed by atoms with E-state index < -0.39 is 9.84 Å². The van der Waals surface area contributed by atoms with Crippen LogP contribution < -0.4 is 10.6 Å². The van der Waals surface area contributed by atoms with Crippen LogP contribution in [0.4, 0.5) is 0 Å². The number of hydrogen-bond donors (Lipinski definition) is 2. The predicted molar refractivity (Wildman–Crippen MR) is 105 cm³/mol. The first-order valence-electron chi connectivity index (χ1n) is 9.89. The van der Waals surface area contributed by atoms with E-state index in [1.807, 2.05) is 6.92 Å². The summed E-state index contributed by atoms with van der Waals surface area (Å²) in [5, 5.41) is 6.95. The Morgan fingerprint density at radius 1 is 1.31 bits per heavy atom. The summed E-state index contributed by atoms with van der Waals surface area (Å²) in [7, 11) is -2.84. The van der Waals surface area contributed by atoms with Crippen molar-refractivity contribution in [2.24, 2.45) is 10.9 Å². The number of sulfone groups is 1. The molecule has 26 heavy (non-hydrogen) atoms. The van der Waals surface area contributed by atoms with E-state index in [9.17, 15) is 8.42 Å². The lowest BCUT2D eigenvalue weighted by Crippen LogP contribution is -2.51. The normalized spacial score (nSPS) is 30.4. The third-order valence-electron chi connectivity index (χ3n) is 5.74. The maximum atomic E-state index is 11.7. The van der Waals surface area contributed by atoms with Gasteiger partial charge in [0.05, 0.1) is 23.7 Å². The van der Waals surface area contributed by atoms with E-state index in [1.54, 1.807) is 0 Å². The molecule has 148 valence electrons. The average molecular weight is 384 g/mol. The fraction of sp³-hybridized carbons (Fsp3) is 0.842. The van der Waals surface area contributed by atoms with Gasteiger partial charge in [0.15, 0.2) is 15.8 Å². The molecule has 2 N–H and O–H groups in total. The van der Waals surface area contributed by atoms with Gasteiger partial charge in [-0.3, -0.25) is 0 Å². The van der Waals surface area contributed by atoms with E-state index in [0.29, 0.717) is 24.9 Å². The molecule has 0 aromatic heterocycles. The van der Waals surface area contributed by atoms with Crippen LogP contribution in [0.25, 0.3) is 0 Å². The van der Waals surface area contributed by atoms with Gasteiger partial charge in [-0.25, -0.2) is 13.4 Å². The van der Waals surface area contributed by atoms with E-state index in [2.05, 4.69) is 22.2 Å². The van der Waals surface area contributed by atoms with Gasteiger partial charge in [0.2, 0.25) is 0 Å². The minimum absolute atomic E-state index is 0.0644. The highest BCUT2D eigenvalue weighted by atomic mass is 32.2. The first kappa shape index (κ1) is 19.7. The molecule has 7 heteroatoms. The number of aliphatic imine (C=N–C) groups is 1. The molecule has 0 aromatic carbocycles. The SMILES string of the molecule is C=C(C)CN=C(NCC1CCS(=O)(=O)C1)NC1CCOC2(CCCC2)C1. The van der Waals surface area contributed by atoms with Crippen LogP contribution in [0, 0.1) is 5.92 Å². The molecule has 3 fully saturated rings. The first-order chi connectivity index (χ1) is 12.4. The third kappa shape index (κ3) is 5.46. The van der Waals surface area contributed by atoms with Crippen LogP contribution in [0.2, 0.25) is 0 Å². The van der Waals surface area contributed by atoms with Crippen molar-refractivity contribution < 1.29 is 13.2 Å². The third-order valence-corrected chi connectivity index (χ3v) is 7.58. The molecular formula is C19H33N3O3S. The standard InChI is InChI=1S/C19H33N3O3S/c1-15(2)12-20-18(21-13-16-6-10-26(23,24)14-16)22-17-5-9-25-19(11-17)7-3-4-8-19/h16-17H,1,3-14H2,2H3,(H2,20,21,22). The molecule has 0 radical (unpaired) electrons. The van der Waals surface area contributed by atoms with Gasteiger partial charge in [0.25, 0.3) is 0 Å². The molecule has 0 amide bonds. The quantitative estimate of drug-likeness (QED) is 0.431. The minimum atomic E-state index is -2.84. The van der Waals surface area contributed by atoms with Crippen molar-refractivity contribution in [2.45, 2.75) is 63.5 Å². The molecule has 2 atom stereocenters. The van der Waals surface area contributed by atoms with Crippen LogP contribution in [-0.2, 0) is 14.6 Å².